The van der Waals surface area contributed by atoms with Crippen molar-refractivity contribution in [3.8, 4) is 5.75 Å². The summed E-state index contributed by atoms with van der Waals surface area (Å²) >= 11 is 0. The van der Waals surface area contributed by atoms with E-state index in [1.807, 2.05) is 6.07 Å². The van der Waals surface area contributed by atoms with Crippen LogP contribution in [0.5, 0.6) is 5.75 Å². The van der Waals surface area contributed by atoms with Crippen LogP contribution in [0.15, 0.2) is 18.2 Å². The van der Waals surface area contributed by atoms with E-state index in [0.29, 0.717) is 12.5 Å². The Balaban J connectivity index is 1.67. The van der Waals surface area contributed by atoms with Gasteiger partial charge in [0.2, 0.25) is 0 Å². The highest BCUT2D eigenvalue weighted by molar-refractivity contribution is 7.91. The quantitative estimate of drug-likeness (QED) is 0.906. The van der Waals surface area contributed by atoms with Gasteiger partial charge in [0.15, 0.2) is 9.84 Å². The fourth-order valence-electron chi connectivity index (χ4n) is 3.24. The smallest absolute Gasteiger partial charge is 0.154 e. The fourth-order valence-corrected chi connectivity index (χ4v) is 4.83. The van der Waals surface area contributed by atoms with E-state index in [1.54, 1.807) is 0 Å². The van der Waals surface area contributed by atoms with E-state index in [1.165, 1.54) is 11.1 Å². The Kier molecular flexibility index (Phi) is 4.22. The largest absolute Gasteiger partial charge is 0.489 e. The van der Waals surface area contributed by atoms with Gasteiger partial charge in [-0.05, 0) is 55.5 Å². The van der Waals surface area contributed by atoms with E-state index in [0.717, 1.165) is 31.6 Å². The zero-order valence-electron chi connectivity index (χ0n) is 12.5. The lowest BCUT2D eigenvalue weighted by Gasteiger charge is -2.15. The first-order chi connectivity index (χ1) is 10.1. The summed E-state index contributed by atoms with van der Waals surface area (Å²) in [5.74, 6) is 1.23. The second-order valence-corrected chi connectivity index (χ2v) is 8.28. The van der Waals surface area contributed by atoms with Crippen molar-refractivity contribution in [1.82, 2.24) is 5.32 Å². The van der Waals surface area contributed by atoms with Gasteiger partial charge < -0.3 is 10.1 Å². The van der Waals surface area contributed by atoms with Gasteiger partial charge in [0, 0.05) is 6.04 Å². The standard InChI is InChI=1S/C16H23NO3S/c1-2-8-17-16-6-3-12-10-13(4-5-15(12)16)20-14-7-9-21(18,19)11-14/h4-5,10,14,16-17H,2-3,6-9,11H2,1H3. The van der Waals surface area contributed by atoms with Gasteiger partial charge >= 0.3 is 0 Å². The SMILES string of the molecule is CCCNC1CCc2cc(OC3CCS(=O)(=O)C3)ccc21. The molecule has 1 fully saturated rings. The second-order valence-electron chi connectivity index (χ2n) is 6.05. The molecule has 5 heteroatoms. The summed E-state index contributed by atoms with van der Waals surface area (Å²) in [6, 6.07) is 6.67. The Bertz CT molecular complexity index is 612. The lowest BCUT2D eigenvalue weighted by molar-refractivity contribution is 0.228. The summed E-state index contributed by atoms with van der Waals surface area (Å²) in [5, 5.41) is 3.57. The maximum absolute atomic E-state index is 11.5. The van der Waals surface area contributed by atoms with Crippen LogP contribution in [0.2, 0.25) is 0 Å². The van der Waals surface area contributed by atoms with E-state index in [-0.39, 0.29) is 17.6 Å². The van der Waals surface area contributed by atoms with Crippen LogP contribution >= 0.6 is 0 Å². The van der Waals surface area contributed by atoms with Crippen LogP contribution in [0.4, 0.5) is 0 Å². The highest BCUT2D eigenvalue weighted by Gasteiger charge is 2.30. The lowest BCUT2D eigenvalue weighted by atomic mass is 10.1. The fraction of sp³-hybridized carbons (Fsp3) is 0.625. The van der Waals surface area contributed by atoms with Gasteiger partial charge in [-0.2, -0.15) is 0 Å². The normalized spacial score (nSPS) is 26.7. The molecule has 2 unspecified atom stereocenters. The predicted octanol–water partition coefficient (Wildman–Crippen LogP) is 2.24. The van der Waals surface area contributed by atoms with Crippen molar-refractivity contribution in [2.24, 2.45) is 0 Å². The van der Waals surface area contributed by atoms with Crippen molar-refractivity contribution < 1.29 is 13.2 Å². The van der Waals surface area contributed by atoms with Crippen LogP contribution in [0.25, 0.3) is 0 Å². The van der Waals surface area contributed by atoms with Crippen LogP contribution in [0, 0.1) is 0 Å². The molecule has 1 N–H and O–H groups in total. The molecular weight excluding hydrogens is 286 g/mol. The van der Waals surface area contributed by atoms with Crippen molar-refractivity contribution >= 4 is 9.84 Å². The van der Waals surface area contributed by atoms with Gasteiger partial charge in [-0.15, -0.1) is 0 Å². The van der Waals surface area contributed by atoms with Crippen molar-refractivity contribution in [1.29, 1.82) is 0 Å². The van der Waals surface area contributed by atoms with Gasteiger partial charge in [0.1, 0.15) is 11.9 Å². The van der Waals surface area contributed by atoms with Crippen molar-refractivity contribution in [3.63, 3.8) is 0 Å². The van der Waals surface area contributed by atoms with Crippen molar-refractivity contribution in [2.45, 2.75) is 44.8 Å². The molecule has 3 rings (SSSR count). The molecule has 0 spiro atoms. The third-order valence-corrected chi connectivity index (χ3v) is 6.06. The molecule has 1 aliphatic heterocycles. The summed E-state index contributed by atoms with van der Waals surface area (Å²) in [6.45, 7) is 3.22. The number of hydrogen-bond acceptors (Lipinski definition) is 4. The monoisotopic (exact) mass is 309 g/mol. The maximum atomic E-state index is 11.5. The average molecular weight is 309 g/mol. The average Bonchev–Trinajstić information content (AvgIpc) is 2.99. The Morgan fingerprint density at radius 2 is 2.19 bits per heavy atom. The minimum Gasteiger partial charge on any atom is -0.489 e. The third-order valence-electron chi connectivity index (χ3n) is 4.33. The summed E-state index contributed by atoms with van der Waals surface area (Å²) < 4.78 is 28.8. The zero-order valence-corrected chi connectivity index (χ0v) is 13.3. The van der Waals surface area contributed by atoms with Crippen LogP contribution in [-0.2, 0) is 16.3 Å². The molecule has 1 saturated heterocycles. The van der Waals surface area contributed by atoms with E-state index in [9.17, 15) is 8.42 Å². The van der Waals surface area contributed by atoms with E-state index >= 15 is 0 Å². The molecule has 2 atom stereocenters. The highest BCUT2D eigenvalue weighted by Crippen LogP contribution is 2.34. The topological polar surface area (TPSA) is 55.4 Å². The predicted molar refractivity (Wildman–Crippen MR) is 83.5 cm³/mol. The number of fused-ring (bicyclic) bond motifs is 1. The molecule has 21 heavy (non-hydrogen) atoms. The van der Waals surface area contributed by atoms with Crippen molar-refractivity contribution in [2.75, 3.05) is 18.1 Å². The first-order valence-electron chi connectivity index (χ1n) is 7.80. The first kappa shape index (κ1) is 14.9. The van der Waals surface area contributed by atoms with Gasteiger partial charge in [-0.1, -0.05) is 13.0 Å². The minimum absolute atomic E-state index is 0.158. The minimum atomic E-state index is -2.88. The molecule has 1 heterocycles. The molecule has 0 saturated carbocycles. The Hall–Kier alpha value is -1.07. The first-order valence-corrected chi connectivity index (χ1v) is 9.63. The van der Waals surface area contributed by atoms with Gasteiger partial charge in [-0.25, -0.2) is 8.42 Å². The number of sulfone groups is 1. The van der Waals surface area contributed by atoms with Gasteiger partial charge in [-0.3, -0.25) is 0 Å². The van der Waals surface area contributed by atoms with Crippen molar-refractivity contribution in [3.05, 3.63) is 29.3 Å². The maximum Gasteiger partial charge on any atom is 0.154 e. The van der Waals surface area contributed by atoms with Crippen LogP contribution in [0.1, 0.15) is 43.4 Å². The molecule has 2 aliphatic rings. The molecule has 1 aromatic carbocycles. The Labute approximate surface area is 126 Å². The molecule has 0 bridgehead atoms. The summed E-state index contributed by atoms with van der Waals surface area (Å²) in [5.41, 5.74) is 2.71. The number of ether oxygens (including phenoxy) is 1. The highest BCUT2D eigenvalue weighted by atomic mass is 32.2. The zero-order chi connectivity index (χ0) is 14.9. The lowest BCUT2D eigenvalue weighted by Crippen LogP contribution is -2.20. The number of benzene rings is 1. The number of hydrogen-bond donors (Lipinski definition) is 1. The molecule has 116 valence electrons. The van der Waals surface area contributed by atoms with E-state index in [4.69, 9.17) is 4.74 Å². The van der Waals surface area contributed by atoms with Gasteiger partial charge in [0.25, 0.3) is 0 Å². The summed E-state index contributed by atoms with van der Waals surface area (Å²) in [4.78, 5) is 0. The Morgan fingerprint density at radius 1 is 1.33 bits per heavy atom. The Morgan fingerprint density at radius 3 is 2.90 bits per heavy atom. The molecule has 0 amide bonds. The number of nitrogens with one attached hydrogen (secondary N) is 1. The summed E-state index contributed by atoms with van der Waals surface area (Å²) in [6.07, 6.45) is 3.78. The van der Waals surface area contributed by atoms with Crippen LogP contribution < -0.4 is 10.1 Å². The third kappa shape index (κ3) is 3.40. The van der Waals surface area contributed by atoms with Crippen LogP contribution in [-0.4, -0.2) is 32.6 Å². The number of rotatable bonds is 5. The molecule has 1 aliphatic carbocycles. The molecular formula is C16H23NO3S. The summed E-state index contributed by atoms with van der Waals surface area (Å²) in [7, 11) is -2.88. The van der Waals surface area contributed by atoms with E-state index < -0.39 is 9.84 Å². The van der Waals surface area contributed by atoms with Crippen LogP contribution in [0.3, 0.4) is 0 Å². The molecule has 1 aromatic rings. The second kappa shape index (κ2) is 5.97. The molecule has 0 radical (unpaired) electrons. The molecule has 4 nitrogen and oxygen atoms in total. The van der Waals surface area contributed by atoms with E-state index in [2.05, 4.69) is 24.4 Å². The number of aryl methyl sites for hydroxylation is 1. The van der Waals surface area contributed by atoms with Gasteiger partial charge in [0.05, 0.1) is 11.5 Å². The molecule has 0 aromatic heterocycles.